The minimum Gasteiger partial charge on any atom is -0.425 e. The summed E-state index contributed by atoms with van der Waals surface area (Å²) in [5.41, 5.74) is 0.0291. The molecule has 0 saturated carbocycles. The Morgan fingerprint density at radius 3 is 1.96 bits per heavy atom. The van der Waals surface area contributed by atoms with Crippen molar-refractivity contribution < 1.29 is 4.74 Å². The zero-order chi connectivity index (χ0) is 17.0. The summed E-state index contributed by atoms with van der Waals surface area (Å²) in [4.78, 5) is 4.07. The normalized spacial score (nSPS) is 11.0. The topological polar surface area (TPSA) is 57.4 Å². The molecule has 2 aromatic rings. The molecule has 4 nitrogen and oxygen atoms in total. The Kier molecular flexibility index (Phi) is 6.23. The third kappa shape index (κ3) is 4.14. The second-order valence-electron chi connectivity index (χ2n) is 3.99. The molecule has 0 radical (unpaired) electrons. The van der Waals surface area contributed by atoms with Crippen LogP contribution in [-0.4, -0.2) is 6.02 Å². The van der Waals surface area contributed by atoms with E-state index in [4.69, 9.17) is 68.0 Å². The number of nitrogens with zero attached hydrogens (tertiary/aromatic N) is 2. The Hall–Kier alpha value is -1.35. The summed E-state index contributed by atoms with van der Waals surface area (Å²) in [5.74, 6) is 0.451. The van der Waals surface area contributed by atoms with Crippen molar-refractivity contribution in [3.05, 3.63) is 55.4 Å². The van der Waals surface area contributed by atoms with Crippen molar-refractivity contribution in [2.75, 3.05) is 0 Å². The Morgan fingerprint density at radius 2 is 1.43 bits per heavy atom. The molecule has 2 rings (SSSR count). The SMILES string of the molecule is N#CNC(=Nc1c(Cl)c(Cl)c(Cl)c(Cl)c1Cl)Oc1ccccc1. The van der Waals surface area contributed by atoms with E-state index in [2.05, 4.69) is 10.3 Å². The summed E-state index contributed by atoms with van der Waals surface area (Å²) in [6.07, 6.45) is 1.70. The highest BCUT2D eigenvalue weighted by Crippen LogP contribution is 2.48. The molecule has 0 saturated heterocycles. The molecule has 0 atom stereocenters. The summed E-state index contributed by atoms with van der Waals surface area (Å²) in [6.45, 7) is 0. The molecule has 1 N–H and O–H groups in total. The quantitative estimate of drug-likeness (QED) is 0.163. The first-order valence-corrected chi connectivity index (χ1v) is 7.82. The van der Waals surface area contributed by atoms with Crippen LogP contribution in [0, 0.1) is 11.5 Å². The van der Waals surface area contributed by atoms with Gasteiger partial charge in [0.1, 0.15) is 11.4 Å². The van der Waals surface area contributed by atoms with Gasteiger partial charge in [0.2, 0.25) is 0 Å². The summed E-state index contributed by atoms with van der Waals surface area (Å²) in [5, 5.41) is 11.1. The highest BCUT2D eigenvalue weighted by atomic mass is 35.5. The predicted molar refractivity (Wildman–Crippen MR) is 94.4 cm³/mol. The summed E-state index contributed by atoms with van der Waals surface area (Å²) in [6, 6.07) is 8.54. The Bertz CT molecular complexity index is 773. The molecule has 2 aromatic carbocycles. The lowest BCUT2D eigenvalue weighted by molar-refractivity contribution is 0.531. The number of benzene rings is 2. The number of halogens is 5. The van der Waals surface area contributed by atoms with Crippen LogP contribution in [0.4, 0.5) is 5.69 Å². The van der Waals surface area contributed by atoms with Crippen LogP contribution in [0.25, 0.3) is 0 Å². The van der Waals surface area contributed by atoms with Gasteiger partial charge < -0.3 is 4.74 Å². The van der Waals surface area contributed by atoms with E-state index >= 15 is 0 Å². The molecule has 0 aliphatic heterocycles. The Labute approximate surface area is 157 Å². The zero-order valence-corrected chi connectivity index (χ0v) is 14.9. The molecule has 0 aliphatic rings. The van der Waals surface area contributed by atoms with Crippen molar-refractivity contribution in [2.24, 2.45) is 4.99 Å². The van der Waals surface area contributed by atoms with Gasteiger partial charge in [-0.25, -0.2) is 5.32 Å². The Morgan fingerprint density at radius 1 is 0.913 bits per heavy atom. The number of para-hydroxylation sites is 1. The van der Waals surface area contributed by atoms with Crippen molar-refractivity contribution in [3.63, 3.8) is 0 Å². The molecule has 0 fully saturated rings. The molecule has 0 amide bonds. The van der Waals surface area contributed by atoms with Gasteiger partial charge in [-0.2, -0.15) is 10.3 Å². The van der Waals surface area contributed by atoms with Crippen molar-refractivity contribution in [3.8, 4) is 11.9 Å². The summed E-state index contributed by atoms with van der Waals surface area (Å²) >= 11 is 30.0. The smallest absolute Gasteiger partial charge is 0.309 e. The van der Waals surface area contributed by atoms with Gasteiger partial charge in [-0.15, -0.1) is 0 Å². The first-order chi connectivity index (χ1) is 11.0. The average Bonchev–Trinajstić information content (AvgIpc) is 2.56. The number of hydrogen-bond donors (Lipinski definition) is 1. The van der Waals surface area contributed by atoms with E-state index in [-0.39, 0.29) is 36.8 Å². The van der Waals surface area contributed by atoms with Gasteiger partial charge in [0.25, 0.3) is 0 Å². The van der Waals surface area contributed by atoms with E-state index in [9.17, 15) is 0 Å². The van der Waals surface area contributed by atoms with Crippen LogP contribution < -0.4 is 10.1 Å². The highest BCUT2D eigenvalue weighted by molar-refractivity contribution is 6.56. The Balaban J connectivity index is 2.50. The van der Waals surface area contributed by atoms with E-state index in [0.717, 1.165) is 0 Å². The third-order valence-electron chi connectivity index (χ3n) is 2.52. The summed E-state index contributed by atoms with van der Waals surface area (Å²) in [7, 11) is 0. The van der Waals surface area contributed by atoms with Gasteiger partial charge >= 0.3 is 6.02 Å². The van der Waals surface area contributed by atoms with Gasteiger partial charge in [-0.3, -0.25) is 0 Å². The van der Waals surface area contributed by atoms with Gasteiger partial charge in [0, 0.05) is 0 Å². The molecule has 0 unspecified atom stereocenters. The third-order valence-corrected chi connectivity index (χ3v) is 4.78. The monoisotopic (exact) mass is 407 g/mol. The lowest BCUT2D eigenvalue weighted by Gasteiger charge is -2.11. The lowest BCUT2D eigenvalue weighted by Crippen LogP contribution is -2.24. The van der Waals surface area contributed by atoms with E-state index in [0.29, 0.717) is 5.75 Å². The fourth-order valence-electron chi connectivity index (χ4n) is 1.52. The van der Waals surface area contributed by atoms with Crippen molar-refractivity contribution >= 4 is 69.7 Å². The molecule has 9 heteroatoms. The zero-order valence-electron chi connectivity index (χ0n) is 11.1. The first-order valence-electron chi connectivity index (χ1n) is 5.93. The maximum Gasteiger partial charge on any atom is 0.309 e. The van der Waals surface area contributed by atoms with Gasteiger partial charge in [-0.05, 0) is 12.1 Å². The molecule has 0 aliphatic carbocycles. The number of rotatable bonds is 2. The van der Waals surface area contributed by atoms with Crippen molar-refractivity contribution in [1.29, 1.82) is 5.26 Å². The van der Waals surface area contributed by atoms with Gasteiger partial charge in [0.15, 0.2) is 6.19 Å². The van der Waals surface area contributed by atoms with E-state index in [1.54, 1.807) is 30.5 Å². The molecule has 0 spiro atoms. The van der Waals surface area contributed by atoms with Crippen molar-refractivity contribution in [2.45, 2.75) is 0 Å². The number of hydrogen-bond acceptors (Lipinski definition) is 3. The van der Waals surface area contributed by atoms with Crippen LogP contribution in [0.3, 0.4) is 0 Å². The number of ether oxygens (including phenoxy) is 1. The fourth-order valence-corrected chi connectivity index (χ4v) is 2.73. The van der Waals surface area contributed by atoms with Crippen LogP contribution in [-0.2, 0) is 0 Å². The first kappa shape index (κ1) is 18.0. The number of nitriles is 1. The minimum atomic E-state index is -0.156. The predicted octanol–water partition coefficient (Wildman–Crippen LogP) is 6.09. The number of nitrogens with one attached hydrogen (secondary N) is 1. The van der Waals surface area contributed by atoms with Gasteiger partial charge in [-0.1, -0.05) is 76.2 Å². The molecule has 118 valence electrons. The second-order valence-corrected chi connectivity index (χ2v) is 5.88. The number of amidine groups is 1. The maximum atomic E-state index is 8.82. The minimum absolute atomic E-state index is 0.00231. The maximum absolute atomic E-state index is 8.82. The van der Waals surface area contributed by atoms with Crippen LogP contribution in [0.5, 0.6) is 5.75 Å². The van der Waals surface area contributed by atoms with Crippen LogP contribution >= 0.6 is 58.0 Å². The van der Waals surface area contributed by atoms with Crippen LogP contribution in [0.2, 0.25) is 25.1 Å². The molecular weight excluding hydrogens is 403 g/mol. The molecule has 0 bridgehead atoms. The highest BCUT2D eigenvalue weighted by Gasteiger charge is 2.20. The van der Waals surface area contributed by atoms with E-state index in [1.165, 1.54) is 0 Å². The summed E-state index contributed by atoms with van der Waals surface area (Å²) < 4.78 is 5.46. The average molecular weight is 409 g/mol. The fraction of sp³-hybridized carbons (Fsp3) is 0. The van der Waals surface area contributed by atoms with Crippen LogP contribution in [0.1, 0.15) is 0 Å². The van der Waals surface area contributed by atoms with Crippen LogP contribution in [0.15, 0.2) is 35.3 Å². The van der Waals surface area contributed by atoms with E-state index in [1.807, 2.05) is 6.07 Å². The van der Waals surface area contributed by atoms with Crippen molar-refractivity contribution in [1.82, 2.24) is 5.32 Å². The number of aliphatic imine (C=N–C) groups is 1. The second kappa shape index (κ2) is 7.96. The molecule has 23 heavy (non-hydrogen) atoms. The van der Waals surface area contributed by atoms with E-state index < -0.39 is 0 Å². The molecule has 0 aromatic heterocycles. The molecular formula is C14H6Cl5N3O. The molecule has 0 heterocycles. The lowest BCUT2D eigenvalue weighted by atomic mass is 10.3. The standard InChI is InChI=1S/C14H6Cl5N3O/c15-8-9(16)11(18)13(12(19)10(8)17)22-14(21-6-20)23-7-4-2-1-3-5-7/h1-5H,(H,21,22). The largest absolute Gasteiger partial charge is 0.425 e. The van der Waals surface area contributed by atoms with Gasteiger partial charge in [0.05, 0.1) is 25.1 Å².